The maximum Gasteiger partial charge on any atom is 0.117 e. The highest BCUT2D eigenvalue weighted by Crippen LogP contribution is 2.46. The van der Waals surface area contributed by atoms with Crippen molar-refractivity contribution in [3.8, 4) is 0 Å². The van der Waals surface area contributed by atoms with Gasteiger partial charge < -0.3 is 10.8 Å². The Morgan fingerprint density at radius 3 is 2.42 bits per heavy atom. The molecule has 0 saturated carbocycles. The van der Waals surface area contributed by atoms with Gasteiger partial charge in [0.1, 0.15) is 5.60 Å². The van der Waals surface area contributed by atoms with Crippen molar-refractivity contribution >= 4 is 0 Å². The summed E-state index contributed by atoms with van der Waals surface area (Å²) >= 11 is 0. The van der Waals surface area contributed by atoms with Gasteiger partial charge in [0, 0.05) is 12.5 Å². The molecule has 2 nitrogen and oxygen atoms in total. The fourth-order valence-electron chi connectivity index (χ4n) is 3.22. The third-order valence-corrected chi connectivity index (χ3v) is 4.02. The average molecular weight is 253 g/mol. The van der Waals surface area contributed by atoms with Crippen LogP contribution in [0.25, 0.3) is 0 Å². The van der Waals surface area contributed by atoms with Gasteiger partial charge in [-0.2, -0.15) is 0 Å². The molecule has 1 aliphatic carbocycles. The van der Waals surface area contributed by atoms with Crippen molar-refractivity contribution in [2.24, 2.45) is 5.73 Å². The van der Waals surface area contributed by atoms with Crippen LogP contribution in [0.2, 0.25) is 0 Å². The maximum absolute atomic E-state index is 11.2. The van der Waals surface area contributed by atoms with Gasteiger partial charge >= 0.3 is 0 Å². The molecule has 0 spiro atoms. The quantitative estimate of drug-likeness (QED) is 0.820. The van der Waals surface area contributed by atoms with Crippen LogP contribution in [0.15, 0.2) is 42.5 Å². The predicted octanol–water partition coefficient (Wildman–Crippen LogP) is 2.94. The molecule has 0 bridgehead atoms. The van der Waals surface area contributed by atoms with Gasteiger partial charge in [0.25, 0.3) is 0 Å². The smallest absolute Gasteiger partial charge is 0.117 e. The molecule has 3 N–H and O–H groups in total. The molecule has 98 valence electrons. The summed E-state index contributed by atoms with van der Waals surface area (Å²) in [5.74, 6) is 0. The van der Waals surface area contributed by atoms with E-state index in [2.05, 4.69) is 32.0 Å². The van der Waals surface area contributed by atoms with Crippen LogP contribution in [0.3, 0.4) is 0 Å². The van der Waals surface area contributed by atoms with Crippen LogP contribution < -0.4 is 5.73 Å². The number of nitrogens with two attached hydrogens (primary N) is 1. The van der Waals surface area contributed by atoms with E-state index in [0.29, 0.717) is 6.42 Å². The maximum atomic E-state index is 11.2. The average Bonchev–Trinajstić information content (AvgIpc) is 2.63. The Morgan fingerprint density at radius 2 is 1.74 bits per heavy atom. The van der Waals surface area contributed by atoms with Gasteiger partial charge in [0.2, 0.25) is 0 Å². The monoisotopic (exact) mass is 253 g/mol. The van der Waals surface area contributed by atoms with Gasteiger partial charge in [-0.05, 0) is 30.5 Å². The van der Waals surface area contributed by atoms with Gasteiger partial charge in [0.15, 0.2) is 0 Å². The van der Waals surface area contributed by atoms with Gasteiger partial charge in [-0.1, -0.05) is 53.6 Å². The van der Waals surface area contributed by atoms with E-state index >= 15 is 0 Å². The zero-order chi connectivity index (χ0) is 13.6. The molecule has 0 radical (unpaired) electrons. The molecule has 0 amide bonds. The number of fused-ring (bicyclic) bond motifs is 1. The van der Waals surface area contributed by atoms with E-state index in [1.807, 2.05) is 24.3 Å². The van der Waals surface area contributed by atoms with Gasteiger partial charge in [-0.15, -0.1) is 0 Å². The number of benzene rings is 2. The molecular formula is C17H19NO. The van der Waals surface area contributed by atoms with Crippen LogP contribution >= 0.6 is 0 Å². The summed E-state index contributed by atoms with van der Waals surface area (Å²) < 4.78 is 0. The fraction of sp³-hybridized carbons (Fsp3) is 0.294. The zero-order valence-corrected chi connectivity index (χ0v) is 11.4. The Bertz CT molecular complexity index is 615. The highest BCUT2D eigenvalue weighted by molar-refractivity contribution is 5.48. The Balaban J connectivity index is 2.19. The fourth-order valence-corrected chi connectivity index (χ4v) is 3.22. The summed E-state index contributed by atoms with van der Waals surface area (Å²) in [4.78, 5) is 0. The molecule has 0 fully saturated rings. The van der Waals surface area contributed by atoms with Crippen LogP contribution in [0.1, 0.15) is 40.3 Å². The van der Waals surface area contributed by atoms with E-state index in [1.165, 1.54) is 11.1 Å². The highest BCUT2D eigenvalue weighted by atomic mass is 16.3. The van der Waals surface area contributed by atoms with Crippen LogP contribution in [0.4, 0.5) is 0 Å². The van der Waals surface area contributed by atoms with E-state index in [4.69, 9.17) is 5.73 Å². The minimum atomic E-state index is -0.952. The SMILES string of the molecule is Cc1cc(C)cc(C2(O)CC(N)c3ccccc32)c1. The van der Waals surface area contributed by atoms with Crippen molar-refractivity contribution in [2.45, 2.75) is 31.9 Å². The summed E-state index contributed by atoms with van der Waals surface area (Å²) in [7, 11) is 0. The first kappa shape index (κ1) is 12.4. The molecule has 0 saturated heterocycles. The second-order valence-corrected chi connectivity index (χ2v) is 5.63. The Hall–Kier alpha value is -1.64. The normalized spacial score (nSPS) is 25.4. The third kappa shape index (κ3) is 1.88. The molecule has 2 aromatic carbocycles. The molecule has 0 heterocycles. The number of hydrogen-bond acceptors (Lipinski definition) is 2. The number of aryl methyl sites for hydroxylation is 2. The lowest BCUT2D eigenvalue weighted by Gasteiger charge is -2.25. The third-order valence-electron chi connectivity index (χ3n) is 4.02. The molecule has 2 aromatic rings. The van der Waals surface area contributed by atoms with Crippen LogP contribution in [0.5, 0.6) is 0 Å². The molecule has 2 heteroatoms. The van der Waals surface area contributed by atoms with E-state index < -0.39 is 5.60 Å². The van der Waals surface area contributed by atoms with E-state index in [1.54, 1.807) is 0 Å². The number of hydrogen-bond donors (Lipinski definition) is 2. The number of aliphatic hydroxyl groups is 1. The minimum Gasteiger partial charge on any atom is -0.380 e. The topological polar surface area (TPSA) is 46.2 Å². The van der Waals surface area contributed by atoms with Gasteiger partial charge in [-0.3, -0.25) is 0 Å². The van der Waals surface area contributed by atoms with Crippen LogP contribution in [-0.2, 0) is 5.60 Å². The molecular weight excluding hydrogens is 234 g/mol. The molecule has 0 aliphatic heterocycles. The zero-order valence-electron chi connectivity index (χ0n) is 11.4. The van der Waals surface area contributed by atoms with Crippen LogP contribution in [0, 0.1) is 13.8 Å². The lowest BCUT2D eigenvalue weighted by atomic mass is 9.86. The van der Waals surface area contributed by atoms with Crippen molar-refractivity contribution < 1.29 is 5.11 Å². The molecule has 2 atom stereocenters. The van der Waals surface area contributed by atoms with E-state index in [-0.39, 0.29) is 6.04 Å². The predicted molar refractivity (Wildman–Crippen MR) is 76.9 cm³/mol. The highest BCUT2D eigenvalue weighted by Gasteiger charge is 2.42. The second-order valence-electron chi connectivity index (χ2n) is 5.63. The van der Waals surface area contributed by atoms with E-state index in [9.17, 15) is 5.11 Å². The standard InChI is InChI=1S/C17H19NO/c1-11-7-12(2)9-13(8-11)17(19)10-16(18)14-5-3-4-6-15(14)17/h3-9,16,19H,10,18H2,1-2H3. The first-order valence-electron chi connectivity index (χ1n) is 6.67. The van der Waals surface area contributed by atoms with Crippen molar-refractivity contribution in [2.75, 3.05) is 0 Å². The molecule has 19 heavy (non-hydrogen) atoms. The second kappa shape index (κ2) is 4.19. The van der Waals surface area contributed by atoms with Gasteiger partial charge in [0.05, 0.1) is 0 Å². The molecule has 1 aliphatic rings. The van der Waals surface area contributed by atoms with Gasteiger partial charge in [-0.25, -0.2) is 0 Å². The molecule has 3 rings (SSSR count). The molecule has 2 unspecified atom stereocenters. The van der Waals surface area contributed by atoms with E-state index in [0.717, 1.165) is 16.7 Å². The first-order valence-corrected chi connectivity index (χ1v) is 6.67. The minimum absolute atomic E-state index is 0.0954. The summed E-state index contributed by atoms with van der Waals surface area (Å²) in [6.07, 6.45) is 0.551. The molecule has 0 aromatic heterocycles. The van der Waals surface area contributed by atoms with Crippen molar-refractivity contribution in [3.05, 3.63) is 70.3 Å². The lowest BCUT2D eigenvalue weighted by molar-refractivity contribution is 0.0775. The van der Waals surface area contributed by atoms with Crippen molar-refractivity contribution in [1.29, 1.82) is 0 Å². The Kier molecular flexibility index (Phi) is 2.73. The largest absolute Gasteiger partial charge is 0.380 e. The summed E-state index contributed by atoms with van der Waals surface area (Å²) in [5.41, 5.74) is 10.5. The number of rotatable bonds is 1. The van der Waals surface area contributed by atoms with Crippen molar-refractivity contribution in [1.82, 2.24) is 0 Å². The summed E-state index contributed by atoms with van der Waals surface area (Å²) in [6, 6.07) is 14.1. The van der Waals surface area contributed by atoms with Crippen LogP contribution in [-0.4, -0.2) is 5.11 Å². The summed E-state index contributed by atoms with van der Waals surface area (Å²) in [5, 5.41) is 11.2. The first-order chi connectivity index (χ1) is 9.00. The lowest BCUT2D eigenvalue weighted by Crippen LogP contribution is -2.25. The Labute approximate surface area is 113 Å². The summed E-state index contributed by atoms with van der Waals surface area (Å²) in [6.45, 7) is 4.11. The Morgan fingerprint density at radius 1 is 1.11 bits per heavy atom. The van der Waals surface area contributed by atoms with Crippen molar-refractivity contribution in [3.63, 3.8) is 0 Å².